The average Bonchev–Trinajstić information content (AvgIpc) is 1.59. The maximum absolute atomic E-state index is 16.4. The van der Waals surface area contributed by atoms with Crippen molar-refractivity contribution in [1.29, 1.82) is 0 Å². The van der Waals surface area contributed by atoms with Crippen LogP contribution in [0.15, 0.2) is 58.3 Å². The van der Waals surface area contributed by atoms with E-state index in [4.69, 9.17) is 0 Å². The molecular weight excluding hydrogens is 1670 g/mol. The Hall–Kier alpha value is -12.8. The van der Waals surface area contributed by atoms with Crippen LogP contribution in [0.3, 0.4) is 0 Å². The Morgan fingerprint density at radius 3 is 0.708 bits per heavy atom. The minimum Gasteiger partial charge on any atom is -0.744 e. The third kappa shape index (κ3) is 10.3. The summed E-state index contributed by atoms with van der Waals surface area (Å²) >= 11 is 0. The number of halogens is 24. The van der Waals surface area contributed by atoms with Crippen molar-refractivity contribution in [3.05, 3.63) is 177 Å². The van der Waals surface area contributed by atoms with Gasteiger partial charge in [-0.15, -0.1) is 9.58 Å². The van der Waals surface area contributed by atoms with E-state index in [0.717, 1.165) is 0 Å². The quantitative estimate of drug-likeness (QED) is 0.0534. The molecule has 0 atom stereocenters. The summed E-state index contributed by atoms with van der Waals surface area (Å²) in [6.07, 6.45) is 0. The summed E-state index contributed by atoms with van der Waals surface area (Å²) in [6.45, 7) is 0. The fourth-order valence-corrected chi connectivity index (χ4v) is 14.3. The molecular formula is C64H10F24N16O6S2Zn. The van der Waals surface area contributed by atoms with Gasteiger partial charge < -0.3 is 19.1 Å². The summed E-state index contributed by atoms with van der Waals surface area (Å²) in [7, 11) is -12.2. The van der Waals surface area contributed by atoms with E-state index in [9.17, 15) is 69.8 Å². The second-order valence-corrected chi connectivity index (χ2v) is 26.1. The maximum atomic E-state index is 16.4. The van der Waals surface area contributed by atoms with Crippen molar-refractivity contribution in [2.45, 2.75) is 9.79 Å². The summed E-state index contributed by atoms with van der Waals surface area (Å²) in [5.41, 5.74) is -17.4. The molecule has 4 aliphatic heterocycles. The normalized spacial score (nSPS) is 12.4. The van der Waals surface area contributed by atoms with Gasteiger partial charge in [-0.1, -0.05) is 57.5 Å². The molecule has 0 amide bonds. The van der Waals surface area contributed by atoms with Gasteiger partial charge in [0.1, 0.15) is 52.6 Å². The van der Waals surface area contributed by atoms with Gasteiger partial charge in [0.15, 0.2) is 197 Å². The third-order valence-electron chi connectivity index (χ3n) is 17.5. The van der Waals surface area contributed by atoms with E-state index in [1.54, 1.807) is 0 Å². The summed E-state index contributed by atoms with van der Waals surface area (Å²) < 4.78 is 439. The first-order chi connectivity index (χ1) is 52.8. The van der Waals surface area contributed by atoms with Crippen LogP contribution in [0.25, 0.3) is 179 Å². The number of benzene rings is 8. The van der Waals surface area contributed by atoms with Gasteiger partial charge in [-0.2, -0.15) is 0 Å². The molecule has 14 aromatic rings. The van der Waals surface area contributed by atoms with Crippen molar-refractivity contribution >= 4 is 109 Å². The summed E-state index contributed by atoms with van der Waals surface area (Å²) in [6, 6.07) is 10.2. The Labute approximate surface area is 613 Å². The molecule has 0 radical (unpaired) electrons. The number of rotatable bonds is 2. The number of aromatic nitrogens is 16. The molecule has 18 rings (SSSR count). The molecule has 2 N–H and O–H groups in total. The van der Waals surface area contributed by atoms with E-state index in [1.807, 2.05) is 0 Å². The predicted molar refractivity (Wildman–Crippen MR) is 327 cm³/mol. The molecule has 0 saturated heterocycles. The first kappa shape index (κ1) is 74.3. The average molecular weight is 1680 g/mol. The standard InChI is InChI=1S/2C32H6F12N8O3S.Zn/c2*33-13-7-8(14(34)19(39)18(13)38)29-48-27(7)47-28-9-12(24(56(53,54)55)23(43)22(42)15(9)35)30(49-28)46-25-5-3-1-2-4-6(5)26(45-25)50-31-10-11(32(51-29)52(31)44)17(37)21(41)20(40)16(10)36;/h2*1-4H,(H,53,54,55)(H,45,46,47,48,49,50,51);/q;;+2/p-2. The number of aromatic amines is 2. The van der Waals surface area contributed by atoms with Crippen LogP contribution in [0, 0.1) is 128 Å². The Kier molecular flexibility index (Phi) is 16.5. The molecule has 16 bridgehead atoms. The van der Waals surface area contributed by atoms with E-state index >= 15 is 61.6 Å². The summed E-state index contributed by atoms with van der Waals surface area (Å²) in [5, 5.41) is -11.6. The zero-order valence-electron chi connectivity index (χ0n) is 52.9. The van der Waals surface area contributed by atoms with Crippen molar-refractivity contribution in [2.75, 3.05) is 0 Å². The van der Waals surface area contributed by atoms with Crippen LogP contribution in [0.5, 0.6) is 0 Å². The molecule has 8 aromatic carbocycles. The second-order valence-electron chi connectivity index (χ2n) is 23.5. The number of hydrogen-bond acceptors (Lipinski definition) is 18. The van der Waals surface area contributed by atoms with Crippen molar-refractivity contribution in [3.63, 3.8) is 0 Å². The fraction of sp³-hybridized carbons (Fsp3) is 0. The first-order valence-corrected chi connectivity index (χ1v) is 32.6. The Balaban J connectivity index is 0.000000169. The molecule has 0 saturated carbocycles. The SMILES string of the molecule is O=S(=O)([O-])c1c(F)c(F)c(F)c2c3nc4nc(nc5c6c(F)c(F)c(F)c(F)c6c(nc6nc(nc([nH]3)c12)-c1ccccc1-6)n5F)-c1c(F)c(F)c(F)c(F)c1-4.O=S(=O)([O-])c1c(F)c(F)c(F)c2c3nc4nc(nc5c6c(F)c(F)c(F)c(F)c6c(nc6nc(nc([nH]3)c12)-c1ccccc1-6)n5F)-c1c(F)c(F)c(F)c(F)c1-4.[Zn+2]. The van der Waals surface area contributed by atoms with Crippen LogP contribution in [-0.4, -0.2) is 105 Å². The summed E-state index contributed by atoms with van der Waals surface area (Å²) in [4.78, 5) is 43.7. The number of nitrogens with one attached hydrogen (secondary N) is 2. The van der Waals surface area contributed by atoms with Gasteiger partial charge in [0.25, 0.3) is 0 Å². The van der Waals surface area contributed by atoms with Gasteiger partial charge in [-0.3, -0.25) is 0 Å². The van der Waals surface area contributed by atoms with Gasteiger partial charge in [0, 0.05) is 22.3 Å². The Bertz CT molecular complexity index is 7130. The molecule has 22 nitrogen and oxygen atoms in total. The summed E-state index contributed by atoms with van der Waals surface area (Å²) in [5.74, 6) is -61.9. The van der Waals surface area contributed by atoms with Gasteiger partial charge in [0.2, 0.25) is 0 Å². The molecule has 49 heteroatoms. The van der Waals surface area contributed by atoms with Gasteiger partial charge in [-0.25, -0.2) is 173 Å². The monoisotopic (exact) mass is 1680 g/mol. The molecule has 0 spiro atoms. The number of H-pyrrole nitrogens is 2. The molecule has 564 valence electrons. The van der Waals surface area contributed by atoms with Crippen molar-refractivity contribution in [2.24, 2.45) is 0 Å². The molecule has 113 heavy (non-hydrogen) atoms. The molecule has 10 heterocycles. The Morgan fingerprint density at radius 1 is 0.248 bits per heavy atom. The second kappa shape index (κ2) is 25.1. The minimum absolute atomic E-state index is 0. The number of hydrogen-bond donors (Lipinski definition) is 2. The molecule has 0 unspecified atom stereocenters. The van der Waals surface area contributed by atoms with Crippen molar-refractivity contribution in [1.82, 2.24) is 79.4 Å². The van der Waals surface area contributed by atoms with E-state index in [2.05, 4.69) is 69.8 Å². The van der Waals surface area contributed by atoms with Crippen LogP contribution in [0.1, 0.15) is 0 Å². The third-order valence-corrected chi connectivity index (χ3v) is 19.2. The van der Waals surface area contributed by atoms with Crippen LogP contribution >= 0.6 is 0 Å². The van der Waals surface area contributed by atoms with Gasteiger partial charge in [0.05, 0.1) is 65.3 Å². The smallest absolute Gasteiger partial charge is 0.744 e. The van der Waals surface area contributed by atoms with E-state index in [1.165, 1.54) is 48.5 Å². The van der Waals surface area contributed by atoms with E-state index in [0.29, 0.717) is 0 Å². The van der Waals surface area contributed by atoms with Gasteiger partial charge >= 0.3 is 19.5 Å². The molecule has 0 aliphatic carbocycles. The molecule has 4 aliphatic rings. The van der Waals surface area contributed by atoms with Crippen LogP contribution in [0.2, 0.25) is 0 Å². The minimum atomic E-state index is -6.12. The van der Waals surface area contributed by atoms with Crippen LogP contribution in [-0.2, 0) is 39.7 Å². The predicted octanol–water partition coefficient (Wildman–Crippen LogP) is 15.0. The zero-order valence-corrected chi connectivity index (χ0v) is 57.5. The number of fused-ring (bicyclic) bond motifs is 40. The van der Waals surface area contributed by atoms with Crippen LogP contribution in [0.4, 0.5) is 106 Å². The number of nitrogens with zero attached hydrogens (tertiary/aromatic N) is 14. The van der Waals surface area contributed by atoms with Gasteiger partial charge in [-0.05, 0) is 0 Å². The van der Waals surface area contributed by atoms with E-state index < -0.39 is 325 Å². The molecule has 6 aromatic heterocycles. The molecule has 0 fully saturated rings. The largest absolute Gasteiger partial charge is 2.00 e. The first-order valence-electron chi connectivity index (χ1n) is 29.8. The topological polar surface area (TPSA) is 311 Å². The van der Waals surface area contributed by atoms with E-state index in [-0.39, 0.29) is 41.7 Å². The van der Waals surface area contributed by atoms with Crippen LogP contribution < -0.4 is 0 Å². The van der Waals surface area contributed by atoms with Crippen molar-refractivity contribution < 1.29 is 151 Å². The zero-order chi connectivity index (χ0) is 80.0. The maximum Gasteiger partial charge on any atom is 2.00 e. The van der Waals surface area contributed by atoms with Crippen molar-refractivity contribution in [3.8, 4) is 91.1 Å². The Morgan fingerprint density at radius 2 is 0.442 bits per heavy atom. The fourth-order valence-electron chi connectivity index (χ4n) is 12.8.